The van der Waals surface area contributed by atoms with Gasteiger partial charge in [-0.05, 0) is 31.4 Å². The van der Waals surface area contributed by atoms with Gasteiger partial charge in [-0.25, -0.2) is 4.79 Å². The van der Waals surface area contributed by atoms with Crippen LogP contribution in [0.4, 0.5) is 0 Å². The van der Waals surface area contributed by atoms with E-state index in [1.807, 2.05) is 0 Å². The van der Waals surface area contributed by atoms with E-state index in [1.165, 1.54) is 0 Å². The molecule has 1 rings (SSSR count). The molecule has 0 radical (unpaired) electrons. The predicted molar refractivity (Wildman–Crippen MR) is 122 cm³/mol. The zero-order chi connectivity index (χ0) is 25.5. The minimum atomic E-state index is -1.44. The van der Waals surface area contributed by atoms with Crippen molar-refractivity contribution in [2.24, 2.45) is 11.5 Å². The van der Waals surface area contributed by atoms with Crippen molar-refractivity contribution in [3.8, 4) is 0 Å². The molecule has 0 aliphatic rings. The van der Waals surface area contributed by atoms with Crippen LogP contribution in [0.15, 0.2) is 30.3 Å². The van der Waals surface area contributed by atoms with Gasteiger partial charge in [-0.3, -0.25) is 19.2 Å². The number of nitrogens with one attached hydrogen (secondary N) is 3. The molecule has 0 aliphatic carbocycles. The number of hydrogen-bond donors (Lipinski definition) is 7. The number of carboxylic acid groups (broad SMARTS) is 2. The number of carboxylic acids is 2. The van der Waals surface area contributed by atoms with Crippen molar-refractivity contribution >= 4 is 29.7 Å². The van der Waals surface area contributed by atoms with Crippen LogP contribution < -0.4 is 27.4 Å². The Hall–Kier alpha value is -3.51. The van der Waals surface area contributed by atoms with Crippen LogP contribution in [0, 0.1) is 0 Å². The highest BCUT2D eigenvalue weighted by Gasteiger charge is 2.27. The summed E-state index contributed by atoms with van der Waals surface area (Å²) in [5.74, 6) is -4.58. The molecule has 0 unspecified atom stereocenters. The van der Waals surface area contributed by atoms with Crippen molar-refractivity contribution in [3.05, 3.63) is 35.9 Å². The predicted octanol–water partition coefficient (Wildman–Crippen LogP) is -1.28. The molecule has 0 aromatic heterocycles. The van der Waals surface area contributed by atoms with E-state index in [1.54, 1.807) is 30.3 Å². The number of benzene rings is 1. The molecule has 9 N–H and O–H groups in total. The van der Waals surface area contributed by atoms with E-state index in [-0.39, 0.29) is 12.8 Å². The maximum atomic E-state index is 12.8. The summed E-state index contributed by atoms with van der Waals surface area (Å²) < 4.78 is 0. The molecule has 3 amide bonds. The molecule has 1 aromatic rings. The lowest BCUT2D eigenvalue weighted by Crippen LogP contribution is -2.54. The fraction of sp³-hybridized carbons (Fsp3) is 0.500. The van der Waals surface area contributed by atoms with Crippen molar-refractivity contribution in [1.29, 1.82) is 0 Å². The summed E-state index contributed by atoms with van der Waals surface area (Å²) in [6, 6.07) is 5.32. The van der Waals surface area contributed by atoms with Crippen molar-refractivity contribution in [1.82, 2.24) is 16.0 Å². The zero-order valence-electron chi connectivity index (χ0n) is 18.9. The van der Waals surface area contributed by atoms with E-state index < -0.39 is 60.8 Å². The number of aliphatic carboxylic acids is 2. The largest absolute Gasteiger partial charge is 0.481 e. The highest BCUT2D eigenvalue weighted by atomic mass is 16.4. The van der Waals surface area contributed by atoms with Crippen molar-refractivity contribution in [2.45, 2.75) is 56.7 Å². The Bertz CT molecular complexity index is 834. The summed E-state index contributed by atoms with van der Waals surface area (Å²) in [7, 11) is 0. The van der Waals surface area contributed by atoms with Gasteiger partial charge >= 0.3 is 11.9 Å². The van der Waals surface area contributed by atoms with Crippen LogP contribution in [0.3, 0.4) is 0 Å². The van der Waals surface area contributed by atoms with Gasteiger partial charge in [0.15, 0.2) is 0 Å². The summed E-state index contributed by atoms with van der Waals surface area (Å²) in [6.45, 7) is 0.0595. The summed E-state index contributed by atoms with van der Waals surface area (Å²) in [6.07, 6.45) is 1.09. The number of rotatable bonds is 16. The molecular weight excluding hydrogens is 446 g/mol. The van der Waals surface area contributed by atoms with Gasteiger partial charge in [0, 0.05) is 12.8 Å². The second-order valence-corrected chi connectivity index (χ2v) is 7.75. The Morgan fingerprint density at radius 3 is 2.15 bits per heavy atom. The fourth-order valence-electron chi connectivity index (χ4n) is 3.04. The molecule has 0 fully saturated rings. The van der Waals surface area contributed by atoms with Crippen LogP contribution in [-0.4, -0.2) is 71.1 Å². The van der Waals surface area contributed by atoms with Crippen LogP contribution in [0.1, 0.15) is 37.7 Å². The summed E-state index contributed by atoms with van der Waals surface area (Å²) in [5.41, 5.74) is 11.9. The standard InChI is InChI=1S/C22H33N5O7/c23-11-5-4-8-15(24)20(31)25-13-18(28)26-17(12-14-6-2-1-3-7-14)21(32)27-16(22(33)34)9-10-19(29)30/h1-3,6-7,15-17H,4-5,8-13,23-24H2,(H,25,31)(H,26,28)(H,27,32)(H,29,30)(H,33,34)/t15-,16-,17-/m0/s1. The van der Waals surface area contributed by atoms with Gasteiger partial charge in [0.1, 0.15) is 12.1 Å². The topological polar surface area (TPSA) is 214 Å². The molecule has 0 saturated carbocycles. The Balaban J connectivity index is 2.78. The summed E-state index contributed by atoms with van der Waals surface area (Å²) in [4.78, 5) is 59.4. The lowest BCUT2D eigenvalue weighted by molar-refractivity contribution is -0.143. The van der Waals surface area contributed by atoms with Crippen molar-refractivity contribution in [2.75, 3.05) is 13.1 Å². The first kappa shape index (κ1) is 28.5. The number of carbonyl (C=O) groups is 5. The third kappa shape index (κ3) is 11.4. The average Bonchev–Trinajstić information content (AvgIpc) is 2.80. The first-order valence-corrected chi connectivity index (χ1v) is 11.0. The van der Waals surface area contributed by atoms with E-state index in [0.717, 1.165) is 6.42 Å². The van der Waals surface area contributed by atoms with Gasteiger partial charge in [0.05, 0.1) is 12.6 Å². The van der Waals surface area contributed by atoms with Gasteiger partial charge in [-0.15, -0.1) is 0 Å². The van der Waals surface area contributed by atoms with Gasteiger partial charge in [0.2, 0.25) is 17.7 Å². The van der Waals surface area contributed by atoms with E-state index in [4.69, 9.17) is 16.6 Å². The Morgan fingerprint density at radius 2 is 1.56 bits per heavy atom. The first-order valence-electron chi connectivity index (χ1n) is 11.0. The SMILES string of the molecule is NCCCC[C@H](N)C(=O)NCC(=O)N[C@@H](Cc1ccccc1)C(=O)N[C@@H](CCC(=O)O)C(=O)O. The van der Waals surface area contributed by atoms with Gasteiger partial charge in [-0.2, -0.15) is 0 Å². The Labute approximate surface area is 197 Å². The highest BCUT2D eigenvalue weighted by Crippen LogP contribution is 2.06. The van der Waals surface area contributed by atoms with E-state index in [0.29, 0.717) is 24.9 Å². The quantitative estimate of drug-likeness (QED) is 0.140. The van der Waals surface area contributed by atoms with E-state index >= 15 is 0 Å². The molecule has 0 saturated heterocycles. The average molecular weight is 480 g/mol. The number of nitrogens with two attached hydrogens (primary N) is 2. The summed E-state index contributed by atoms with van der Waals surface area (Å²) >= 11 is 0. The lowest BCUT2D eigenvalue weighted by Gasteiger charge is -2.22. The molecule has 34 heavy (non-hydrogen) atoms. The lowest BCUT2D eigenvalue weighted by atomic mass is 10.0. The second kappa shape index (κ2) is 15.3. The molecular formula is C22H33N5O7. The van der Waals surface area contributed by atoms with Crippen LogP contribution >= 0.6 is 0 Å². The smallest absolute Gasteiger partial charge is 0.326 e. The highest BCUT2D eigenvalue weighted by molar-refractivity contribution is 5.92. The molecule has 1 aromatic carbocycles. The molecule has 0 spiro atoms. The second-order valence-electron chi connectivity index (χ2n) is 7.75. The molecule has 0 bridgehead atoms. The van der Waals surface area contributed by atoms with Gasteiger partial charge in [0.25, 0.3) is 0 Å². The minimum absolute atomic E-state index is 0.0518. The zero-order valence-corrected chi connectivity index (χ0v) is 18.9. The van der Waals surface area contributed by atoms with Crippen molar-refractivity contribution in [3.63, 3.8) is 0 Å². The number of hydrogen-bond acceptors (Lipinski definition) is 7. The van der Waals surface area contributed by atoms with E-state index in [9.17, 15) is 29.1 Å². The maximum absolute atomic E-state index is 12.8. The Kier molecular flexibility index (Phi) is 12.9. The molecule has 3 atom stereocenters. The van der Waals surface area contributed by atoms with Crippen LogP contribution in [0.25, 0.3) is 0 Å². The fourth-order valence-corrected chi connectivity index (χ4v) is 3.04. The normalized spacial score (nSPS) is 13.2. The molecule has 0 aliphatic heterocycles. The van der Waals surface area contributed by atoms with Gasteiger partial charge < -0.3 is 37.6 Å². The van der Waals surface area contributed by atoms with Gasteiger partial charge in [-0.1, -0.05) is 36.8 Å². The maximum Gasteiger partial charge on any atom is 0.326 e. The number of unbranched alkanes of at least 4 members (excludes halogenated alkanes) is 1. The molecule has 0 heterocycles. The summed E-state index contributed by atoms with van der Waals surface area (Å²) in [5, 5.41) is 25.3. The number of carbonyl (C=O) groups excluding carboxylic acids is 3. The third-order valence-electron chi connectivity index (χ3n) is 4.93. The first-order chi connectivity index (χ1) is 16.1. The van der Waals surface area contributed by atoms with Crippen LogP contribution in [-0.2, 0) is 30.4 Å². The van der Waals surface area contributed by atoms with Crippen LogP contribution in [0.5, 0.6) is 0 Å². The monoisotopic (exact) mass is 479 g/mol. The van der Waals surface area contributed by atoms with Crippen molar-refractivity contribution < 1.29 is 34.2 Å². The third-order valence-corrected chi connectivity index (χ3v) is 4.93. The Morgan fingerprint density at radius 1 is 0.882 bits per heavy atom. The number of amides is 3. The minimum Gasteiger partial charge on any atom is -0.481 e. The van der Waals surface area contributed by atoms with E-state index in [2.05, 4.69) is 16.0 Å². The molecule has 188 valence electrons. The molecule has 12 nitrogen and oxygen atoms in total. The molecule has 12 heteroatoms. The van der Waals surface area contributed by atoms with Crippen LogP contribution in [0.2, 0.25) is 0 Å².